The highest BCUT2D eigenvalue weighted by atomic mass is 32.1. The fraction of sp³-hybridized carbons (Fsp3) is 0.286. The lowest BCUT2D eigenvalue weighted by Gasteiger charge is -2.14. The number of rotatable bonds is 6. The minimum Gasteiger partial charge on any atom is -0.481 e. The lowest BCUT2D eigenvalue weighted by Crippen LogP contribution is -2.30. The van der Waals surface area contributed by atoms with E-state index in [2.05, 4.69) is 9.97 Å². The van der Waals surface area contributed by atoms with Gasteiger partial charge in [-0.15, -0.1) is 11.3 Å². The van der Waals surface area contributed by atoms with E-state index in [0.717, 1.165) is 10.7 Å². The molecule has 0 bridgehead atoms. The molecule has 1 N–H and O–H groups in total. The Kier molecular flexibility index (Phi) is 4.99. The predicted molar refractivity (Wildman–Crippen MR) is 78.9 cm³/mol. The minimum atomic E-state index is -0.916. The van der Waals surface area contributed by atoms with E-state index < -0.39 is 5.97 Å². The summed E-state index contributed by atoms with van der Waals surface area (Å²) >= 11 is 1.44. The Morgan fingerprint density at radius 3 is 2.86 bits per heavy atom. The number of nitrogens with zero attached hydrogens (tertiary/aromatic N) is 3. The van der Waals surface area contributed by atoms with Gasteiger partial charge in [0.15, 0.2) is 0 Å². The molecule has 0 fully saturated rings. The maximum Gasteiger partial charge on any atom is 0.305 e. The molecule has 0 aliphatic carbocycles. The average Bonchev–Trinajstić information content (AvgIpc) is 2.94. The molecule has 2 aromatic rings. The van der Waals surface area contributed by atoms with Gasteiger partial charge in [0.1, 0.15) is 5.01 Å². The Morgan fingerprint density at radius 1 is 1.38 bits per heavy atom. The van der Waals surface area contributed by atoms with Crippen molar-refractivity contribution in [2.75, 3.05) is 13.6 Å². The first kappa shape index (κ1) is 15.1. The molecular formula is C14H15N3O3S. The van der Waals surface area contributed by atoms with Crippen LogP contribution >= 0.6 is 11.3 Å². The molecule has 0 aliphatic rings. The molecule has 2 rings (SSSR count). The smallest absolute Gasteiger partial charge is 0.305 e. The van der Waals surface area contributed by atoms with Gasteiger partial charge in [0, 0.05) is 25.2 Å². The topological polar surface area (TPSA) is 83.4 Å². The Morgan fingerprint density at radius 2 is 2.19 bits per heavy atom. The number of thiazole rings is 1. The minimum absolute atomic E-state index is 0.0571. The van der Waals surface area contributed by atoms with Crippen LogP contribution in [0, 0.1) is 0 Å². The summed E-state index contributed by atoms with van der Waals surface area (Å²) in [5.74, 6) is -1.06. The standard InChI is InChI=1S/C14H15N3O3S/c1-17(7-5-13(19)20)12(18)8-10-9-21-14(16-10)11-4-2-3-6-15-11/h2-4,6,9H,5,7-8H2,1H3,(H,19,20). The number of likely N-dealkylation sites (N-methyl/N-ethyl adjacent to an activating group) is 1. The van der Waals surface area contributed by atoms with E-state index >= 15 is 0 Å². The summed E-state index contributed by atoms with van der Waals surface area (Å²) in [5.41, 5.74) is 1.45. The third kappa shape index (κ3) is 4.35. The van der Waals surface area contributed by atoms with Crippen LogP contribution in [0.3, 0.4) is 0 Å². The van der Waals surface area contributed by atoms with Crippen LogP contribution in [0.2, 0.25) is 0 Å². The summed E-state index contributed by atoms with van der Waals surface area (Å²) in [6.07, 6.45) is 1.80. The molecule has 110 valence electrons. The summed E-state index contributed by atoms with van der Waals surface area (Å²) in [4.78, 5) is 32.5. The van der Waals surface area contributed by atoms with Crippen molar-refractivity contribution in [3.8, 4) is 10.7 Å². The van der Waals surface area contributed by atoms with Crippen LogP contribution < -0.4 is 0 Å². The molecule has 0 aromatic carbocycles. The zero-order chi connectivity index (χ0) is 15.2. The second-order valence-electron chi connectivity index (χ2n) is 4.49. The first-order valence-electron chi connectivity index (χ1n) is 6.38. The van der Waals surface area contributed by atoms with Gasteiger partial charge in [0.25, 0.3) is 0 Å². The summed E-state index contributed by atoms with van der Waals surface area (Å²) in [6.45, 7) is 0.200. The van der Waals surface area contributed by atoms with Crippen molar-refractivity contribution >= 4 is 23.2 Å². The Bertz CT molecular complexity index is 627. The average molecular weight is 305 g/mol. The predicted octanol–water partition coefficient (Wildman–Crippen LogP) is 1.68. The number of amides is 1. The molecule has 0 saturated heterocycles. The molecule has 0 aliphatic heterocycles. The number of aromatic nitrogens is 2. The molecule has 0 atom stereocenters. The Labute approximate surface area is 126 Å². The number of carboxylic acids is 1. The van der Waals surface area contributed by atoms with Gasteiger partial charge >= 0.3 is 5.97 Å². The van der Waals surface area contributed by atoms with E-state index in [0.29, 0.717) is 5.69 Å². The van der Waals surface area contributed by atoms with E-state index in [1.165, 1.54) is 16.2 Å². The highest BCUT2D eigenvalue weighted by Crippen LogP contribution is 2.21. The summed E-state index contributed by atoms with van der Waals surface area (Å²) < 4.78 is 0. The largest absolute Gasteiger partial charge is 0.481 e. The zero-order valence-electron chi connectivity index (χ0n) is 11.5. The van der Waals surface area contributed by atoms with Crippen molar-refractivity contribution in [1.29, 1.82) is 0 Å². The maximum atomic E-state index is 12.0. The molecule has 21 heavy (non-hydrogen) atoms. The van der Waals surface area contributed by atoms with E-state index in [4.69, 9.17) is 5.11 Å². The van der Waals surface area contributed by atoms with Crippen LogP contribution in [0.5, 0.6) is 0 Å². The van der Waals surface area contributed by atoms with Crippen LogP contribution in [0.25, 0.3) is 10.7 Å². The molecule has 0 saturated carbocycles. The molecular weight excluding hydrogens is 290 g/mol. The van der Waals surface area contributed by atoms with Gasteiger partial charge in [-0.05, 0) is 12.1 Å². The number of carboxylic acid groups (broad SMARTS) is 1. The second-order valence-corrected chi connectivity index (χ2v) is 5.35. The molecule has 0 unspecified atom stereocenters. The fourth-order valence-electron chi connectivity index (χ4n) is 1.67. The molecule has 2 aromatic heterocycles. The molecule has 7 heteroatoms. The monoisotopic (exact) mass is 305 g/mol. The van der Waals surface area contributed by atoms with Gasteiger partial charge in [-0.3, -0.25) is 14.6 Å². The van der Waals surface area contributed by atoms with E-state index in [-0.39, 0.29) is 25.3 Å². The lowest BCUT2D eigenvalue weighted by atomic mass is 10.3. The number of pyridine rings is 1. The van der Waals surface area contributed by atoms with Gasteiger partial charge in [-0.1, -0.05) is 6.07 Å². The molecule has 2 heterocycles. The molecule has 6 nitrogen and oxygen atoms in total. The number of hydrogen-bond donors (Lipinski definition) is 1. The van der Waals surface area contributed by atoms with Crippen LogP contribution in [0.4, 0.5) is 0 Å². The van der Waals surface area contributed by atoms with Crippen LogP contribution in [0.15, 0.2) is 29.8 Å². The van der Waals surface area contributed by atoms with Crippen molar-refractivity contribution in [2.24, 2.45) is 0 Å². The number of aliphatic carboxylic acids is 1. The first-order valence-corrected chi connectivity index (χ1v) is 7.26. The highest BCUT2D eigenvalue weighted by molar-refractivity contribution is 7.13. The van der Waals surface area contributed by atoms with Crippen molar-refractivity contribution < 1.29 is 14.7 Å². The van der Waals surface area contributed by atoms with Crippen LogP contribution in [-0.4, -0.2) is 45.4 Å². The first-order chi connectivity index (χ1) is 10.1. The van der Waals surface area contributed by atoms with Crippen LogP contribution in [0.1, 0.15) is 12.1 Å². The van der Waals surface area contributed by atoms with E-state index in [9.17, 15) is 9.59 Å². The number of carbonyl (C=O) groups is 2. The van der Waals surface area contributed by atoms with Crippen molar-refractivity contribution in [3.63, 3.8) is 0 Å². The van der Waals surface area contributed by atoms with Crippen molar-refractivity contribution in [3.05, 3.63) is 35.5 Å². The quantitative estimate of drug-likeness (QED) is 0.878. The number of carbonyl (C=O) groups excluding carboxylic acids is 1. The summed E-state index contributed by atoms with van der Waals surface area (Å²) in [5, 5.41) is 11.2. The van der Waals surface area contributed by atoms with Crippen molar-refractivity contribution in [1.82, 2.24) is 14.9 Å². The summed E-state index contributed by atoms with van der Waals surface area (Å²) in [7, 11) is 1.59. The van der Waals surface area contributed by atoms with E-state index in [1.54, 1.807) is 13.2 Å². The Hall–Kier alpha value is -2.28. The van der Waals surface area contributed by atoms with Gasteiger partial charge in [0.2, 0.25) is 5.91 Å². The van der Waals surface area contributed by atoms with Gasteiger partial charge < -0.3 is 10.0 Å². The third-order valence-corrected chi connectivity index (χ3v) is 3.77. The number of hydrogen-bond acceptors (Lipinski definition) is 5. The van der Waals surface area contributed by atoms with E-state index in [1.807, 2.05) is 23.6 Å². The van der Waals surface area contributed by atoms with Gasteiger partial charge in [-0.25, -0.2) is 4.98 Å². The molecule has 0 radical (unpaired) electrons. The maximum absolute atomic E-state index is 12.0. The summed E-state index contributed by atoms with van der Waals surface area (Å²) in [6, 6.07) is 5.58. The van der Waals surface area contributed by atoms with Crippen molar-refractivity contribution in [2.45, 2.75) is 12.8 Å². The van der Waals surface area contributed by atoms with Gasteiger partial charge in [0.05, 0.1) is 24.2 Å². The van der Waals surface area contributed by atoms with Gasteiger partial charge in [-0.2, -0.15) is 0 Å². The zero-order valence-corrected chi connectivity index (χ0v) is 12.3. The molecule has 1 amide bonds. The SMILES string of the molecule is CN(CCC(=O)O)C(=O)Cc1csc(-c2ccccn2)n1. The second kappa shape index (κ2) is 6.94. The lowest BCUT2D eigenvalue weighted by molar-refractivity contribution is -0.138. The van der Waals surface area contributed by atoms with Crippen LogP contribution in [-0.2, 0) is 16.0 Å². The fourth-order valence-corrected chi connectivity index (χ4v) is 2.47. The highest BCUT2D eigenvalue weighted by Gasteiger charge is 2.14. The normalized spacial score (nSPS) is 10.3. The molecule has 0 spiro atoms. The third-order valence-electron chi connectivity index (χ3n) is 2.85. The Balaban J connectivity index is 1.96.